The third-order valence-electron chi connectivity index (χ3n) is 14.2. The number of rotatable bonds is 18. The Kier molecular flexibility index (Phi) is 18.3. The maximum absolute atomic E-state index is 4.88. The van der Waals surface area contributed by atoms with E-state index in [9.17, 15) is 0 Å². The first-order valence-corrected chi connectivity index (χ1v) is 26.0. The number of aromatic nitrogens is 6. The molecule has 0 bridgehead atoms. The summed E-state index contributed by atoms with van der Waals surface area (Å²) in [4.78, 5) is 29.8. The minimum atomic E-state index is 0.758. The summed E-state index contributed by atoms with van der Waals surface area (Å²) >= 11 is 0. The molecule has 2 aliphatic rings. The predicted molar refractivity (Wildman–Crippen MR) is 287 cm³/mol. The second kappa shape index (κ2) is 24.5. The molecule has 2 saturated heterocycles. The Labute approximate surface area is 409 Å². The fourth-order valence-corrected chi connectivity index (χ4v) is 10.0. The van der Waals surface area contributed by atoms with E-state index in [2.05, 4.69) is 183 Å². The highest BCUT2D eigenvalue weighted by Crippen LogP contribution is 2.23. The van der Waals surface area contributed by atoms with Crippen LogP contribution in [0.1, 0.15) is 117 Å². The van der Waals surface area contributed by atoms with Gasteiger partial charge in [-0.2, -0.15) is 0 Å². The smallest absolute Gasteiger partial charge is 0.160 e. The van der Waals surface area contributed by atoms with Crippen LogP contribution in [0.5, 0.6) is 0 Å². The fraction of sp³-hybridized carbons (Fsp3) is 0.517. The van der Waals surface area contributed by atoms with Crippen LogP contribution in [0.25, 0.3) is 34.5 Å². The van der Waals surface area contributed by atoms with Gasteiger partial charge in [-0.1, -0.05) is 114 Å². The summed E-state index contributed by atoms with van der Waals surface area (Å²) in [6.07, 6.45) is 14.8. The van der Waals surface area contributed by atoms with E-state index in [4.69, 9.17) is 19.9 Å². The van der Waals surface area contributed by atoms with Crippen LogP contribution in [-0.2, 0) is 25.9 Å². The summed E-state index contributed by atoms with van der Waals surface area (Å²) < 4.78 is 4.56. The van der Waals surface area contributed by atoms with Gasteiger partial charge >= 0.3 is 0 Å². The van der Waals surface area contributed by atoms with E-state index in [0.29, 0.717) is 0 Å². The molecule has 2 fully saturated rings. The van der Waals surface area contributed by atoms with E-state index in [0.717, 1.165) is 96.3 Å². The lowest BCUT2D eigenvalue weighted by molar-refractivity contribution is 0.0989. The second-order valence-electron chi connectivity index (χ2n) is 19.9. The second-order valence-corrected chi connectivity index (χ2v) is 19.9. The number of pyridine rings is 2. The molecule has 0 radical (unpaired) electrons. The number of imidazole rings is 2. The first-order chi connectivity index (χ1) is 32.9. The molecule has 6 aromatic rings. The highest BCUT2D eigenvalue weighted by Gasteiger charge is 2.21. The highest BCUT2D eigenvalue weighted by atomic mass is 15.3. The van der Waals surface area contributed by atoms with Crippen LogP contribution in [-0.4, -0.2) is 127 Å². The van der Waals surface area contributed by atoms with Gasteiger partial charge in [0.05, 0.1) is 13.1 Å². The number of fused-ring (bicyclic) bond motifs is 2. The molecule has 0 spiro atoms. The van der Waals surface area contributed by atoms with Crippen LogP contribution >= 0.6 is 0 Å². The van der Waals surface area contributed by atoms with Gasteiger partial charge in [-0.05, 0) is 105 Å². The molecule has 8 rings (SSSR count). The van der Waals surface area contributed by atoms with Crippen molar-refractivity contribution in [2.24, 2.45) is 5.92 Å². The van der Waals surface area contributed by atoms with Gasteiger partial charge in [0.1, 0.15) is 22.7 Å². The lowest BCUT2D eigenvalue weighted by atomic mass is 10.1. The van der Waals surface area contributed by atoms with E-state index >= 15 is 0 Å². The van der Waals surface area contributed by atoms with Gasteiger partial charge in [-0.15, -0.1) is 0 Å². The molecule has 10 heteroatoms. The van der Waals surface area contributed by atoms with E-state index in [-0.39, 0.29) is 0 Å². The first-order valence-electron chi connectivity index (χ1n) is 26.0. The molecule has 0 aliphatic carbocycles. The Hall–Kier alpha value is -5.00. The van der Waals surface area contributed by atoms with Crippen molar-refractivity contribution in [1.29, 1.82) is 0 Å². The van der Waals surface area contributed by atoms with Crippen molar-refractivity contribution < 1.29 is 0 Å². The fourth-order valence-electron chi connectivity index (χ4n) is 10.0. The van der Waals surface area contributed by atoms with E-state index in [1.54, 1.807) is 0 Å². The number of hydrogen-bond acceptors (Lipinski definition) is 8. The third kappa shape index (κ3) is 13.4. The molecule has 68 heavy (non-hydrogen) atoms. The molecular weight excluding hydrogens is 837 g/mol. The van der Waals surface area contributed by atoms with Crippen LogP contribution in [0.4, 0.5) is 0 Å². The molecular formula is C58H82N10. The molecule has 4 aromatic heterocycles. The topological polar surface area (TPSA) is 74.4 Å². The Balaban J connectivity index is 0.000000201. The van der Waals surface area contributed by atoms with Gasteiger partial charge in [0.25, 0.3) is 0 Å². The van der Waals surface area contributed by atoms with Crippen LogP contribution in [0.2, 0.25) is 0 Å². The molecule has 6 heterocycles. The standard InChI is InChI=1S/2C29H41N5/c1-6-27-31-28-23(4)20-24(5)30-29(28)34(27)21-26-11-9-25(10-12-26)8-7-14-32-16-18-33(19-17-32)15-13-22(2)3;1-6-26(7-2)33-18-16-32(17-19-33)15-9-10-24-11-13-25(14-12-24)21-34-27(8-3)31-28-22(4)20-23(5)30-29(28)34/h7-12,20,22H,6,13-19,21H2,1-5H3;9-14,20,26H,6-8,15-19,21H2,1-5H3/b8-7+;10-9+. The summed E-state index contributed by atoms with van der Waals surface area (Å²) in [5, 5.41) is 0. The number of hydrogen-bond donors (Lipinski definition) is 0. The monoisotopic (exact) mass is 919 g/mol. The van der Waals surface area contributed by atoms with Crippen molar-refractivity contribution in [2.75, 3.05) is 72.0 Å². The molecule has 2 aromatic carbocycles. The van der Waals surface area contributed by atoms with Gasteiger partial charge in [0.15, 0.2) is 11.3 Å². The third-order valence-corrected chi connectivity index (χ3v) is 14.2. The number of nitrogens with zero attached hydrogens (tertiary/aromatic N) is 10. The number of benzene rings is 2. The zero-order valence-electron chi connectivity index (χ0n) is 43.4. The molecule has 0 saturated carbocycles. The Bertz CT molecular complexity index is 2560. The van der Waals surface area contributed by atoms with Crippen LogP contribution < -0.4 is 0 Å². The molecule has 364 valence electrons. The average Bonchev–Trinajstić information content (AvgIpc) is 3.88. The van der Waals surface area contributed by atoms with Crippen molar-refractivity contribution in [3.8, 4) is 0 Å². The Morgan fingerprint density at radius 1 is 0.529 bits per heavy atom. The summed E-state index contributed by atoms with van der Waals surface area (Å²) in [5.74, 6) is 3.00. The summed E-state index contributed by atoms with van der Waals surface area (Å²) in [7, 11) is 0. The predicted octanol–water partition coefficient (Wildman–Crippen LogP) is 10.8. The van der Waals surface area contributed by atoms with Gasteiger partial charge in [-0.3, -0.25) is 14.7 Å². The van der Waals surface area contributed by atoms with Crippen molar-refractivity contribution in [1.82, 2.24) is 48.7 Å². The van der Waals surface area contributed by atoms with Gasteiger partial charge in [0, 0.05) is 95.7 Å². The van der Waals surface area contributed by atoms with Crippen molar-refractivity contribution >= 4 is 34.5 Å². The van der Waals surface area contributed by atoms with Gasteiger partial charge in [0.2, 0.25) is 0 Å². The van der Waals surface area contributed by atoms with E-state index in [1.165, 1.54) is 112 Å². The number of aryl methyl sites for hydroxylation is 6. The minimum absolute atomic E-state index is 0.758. The largest absolute Gasteiger partial charge is 0.308 e. The summed E-state index contributed by atoms with van der Waals surface area (Å²) in [6, 6.07) is 22.9. The SMILES string of the molecule is CCc1nc2c(C)cc(C)nc2n1Cc1ccc(/C=C/CN2CCN(C(CC)CC)CC2)cc1.CCc1nc2c(C)cc(C)nc2n1Cc1ccc(/C=C/CN2CCN(CCC(C)C)CC2)cc1. The zero-order chi connectivity index (χ0) is 48.2. The Morgan fingerprint density at radius 2 is 0.941 bits per heavy atom. The van der Waals surface area contributed by atoms with Gasteiger partial charge < -0.3 is 14.0 Å². The highest BCUT2D eigenvalue weighted by molar-refractivity contribution is 5.77. The molecule has 0 N–H and O–H groups in total. The summed E-state index contributed by atoms with van der Waals surface area (Å²) in [5.41, 5.74) is 13.6. The maximum atomic E-state index is 4.88. The molecule has 10 nitrogen and oxygen atoms in total. The van der Waals surface area contributed by atoms with Gasteiger partial charge in [-0.25, -0.2) is 19.9 Å². The first kappa shape index (κ1) is 50.9. The van der Waals surface area contributed by atoms with Crippen LogP contribution in [0, 0.1) is 33.6 Å². The van der Waals surface area contributed by atoms with Crippen molar-refractivity contribution in [3.63, 3.8) is 0 Å². The molecule has 0 unspecified atom stereocenters. The molecule has 0 atom stereocenters. The minimum Gasteiger partial charge on any atom is -0.308 e. The quantitative estimate of drug-likeness (QED) is 0.0844. The average molecular weight is 919 g/mol. The van der Waals surface area contributed by atoms with E-state index in [1.807, 2.05) is 0 Å². The zero-order valence-corrected chi connectivity index (χ0v) is 43.4. The molecule has 0 amide bonds. The number of piperazine rings is 2. The van der Waals surface area contributed by atoms with E-state index < -0.39 is 0 Å². The lowest BCUT2D eigenvalue weighted by Gasteiger charge is -2.38. The molecule has 2 aliphatic heterocycles. The van der Waals surface area contributed by atoms with Crippen LogP contribution in [0.15, 0.2) is 72.8 Å². The van der Waals surface area contributed by atoms with Crippen LogP contribution in [0.3, 0.4) is 0 Å². The Morgan fingerprint density at radius 3 is 1.34 bits per heavy atom. The maximum Gasteiger partial charge on any atom is 0.160 e. The normalized spacial score (nSPS) is 15.8. The van der Waals surface area contributed by atoms with Crippen molar-refractivity contribution in [2.45, 2.75) is 120 Å². The lowest BCUT2D eigenvalue weighted by Crippen LogP contribution is -2.49. The summed E-state index contributed by atoms with van der Waals surface area (Å²) in [6.45, 7) is 36.4. The van der Waals surface area contributed by atoms with Crippen molar-refractivity contribution in [3.05, 3.63) is 129 Å².